The average molecular weight is 285 g/mol. The monoisotopic (exact) mass is 285 g/mol. The second-order valence-electron chi connectivity index (χ2n) is 5.44. The minimum absolute atomic E-state index is 0.199. The van der Waals surface area contributed by atoms with Crippen LogP contribution in [0.3, 0.4) is 0 Å². The van der Waals surface area contributed by atoms with E-state index in [1.165, 1.54) is 13.8 Å². The Morgan fingerprint density at radius 2 is 1.75 bits per heavy atom. The Morgan fingerprint density at radius 3 is 2.25 bits per heavy atom. The molecular weight excluding hydrogens is 266 g/mol. The highest BCUT2D eigenvalue weighted by Gasteiger charge is 2.30. The number of hydrogen-bond donors (Lipinski definition) is 4. The zero-order valence-corrected chi connectivity index (χ0v) is 11.5. The summed E-state index contributed by atoms with van der Waals surface area (Å²) in [6, 6.07) is -0.618. The van der Waals surface area contributed by atoms with Gasteiger partial charge in [-0.05, 0) is 26.7 Å². The van der Waals surface area contributed by atoms with Gasteiger partial charge in [-0.2, -0.15) is 0 Å². The lowest BCUT2D eigenvalue weighted by atomic mass is 9.89. The number of hydrogen-bond acceptors (Lipinski definition) is 4. The molecule has 0 atom stereocenters. The number of carboxylic acids is 1. The Bertz CT molecular complexity index is 429. The molecule has 1 aliphatic carbocycles. The minimum atomic E-state index is -1.26. The van der Waals surface area contributed by atoms with Crippen molar-refractivity contribution in [1.82, 2.24) is 16.0 Å². The number of nitrogens with one attached hydrogen (secondary N) is 3. The standard InChI is InChI=1S/C12H19N3O5/c1-12(2,10(18)19)5-8(16)15-11(20)13-6-9(17)14-7-3-4-7/h7H,3-6H2,1-2H3,(H,14,17)(H,18,19)(H2,13,15,16,20). The fourth-order valence-corrected chi connectivity index (χ4v) is 1.36. The van der Waals surface area contributed by atoms with E-state index in [0.717, 1.165) is 12.8 Å². The second kappa shape index (κ2) is 6.36. The van der Waals surface area contributed by atoms with E-state index in [2.05, 4.69) is 10.6 Å². The highest BCUT2D eigenvalue weighted by molar-refractivity contribution is 5.97. The summed E-state index contributed by atoms with van der Waals surface area (Å²) in [5, 5.41) is 15.7. The van der Waals surface area contributed by atoms with Gasteiger partial charge in [0.15, 0.2) is 0 Å². The Kier molecular flexibility index (Phi) is 5.06. The van der Waals surface area contributed by atoms with Crippen LogP contribution in [0.1, 0.15) is 33.1 Å². The number of amides is 4. The smallest absolute Gasteiger partial charge is 0.321 e. The number of urea groups is 1. The number of carboxylic acid groups (broad SMARTS) is 1. The molecule has 0 aromatic rings. The van der Waals surface area contributed by atoms with Gasteiger partial charge < -0.3 is 15.7 Å². The van der Waals surface area contributed by atoms with Gasteiger partial charge in [-0.15, -0.1) is 0 Å². The summed E-state index contributed by atoms with van der Waals surface area (Å²) in [4.78, 5) is 44.9. The van der Waals surface area contributed by atoms with Crippen LogP contribution >= 0.6 is 0 Å². The van der Waals surface area contributed by atoms with E-state index in [4.69, 9.17) is 5.11 Å². The number of rotatable bonds is 6. The summed E-state index contributed by atoms with van der Waals surface area (Å²) in [6.45, 7) is 2.55. The summed E-state index contributed by atoms with van der Waals surface area (Å²) in [7, 11) is 0. The lowest BCUT2D eigenvalue weighted by Gasteiger charge is -2.17. The van der Waals surface area contributed by atoms with Gasteiger partial charge in [-0.3, -0.25) is 19.7 Å². The third kappa shape index (κ3) is 5.68. The van der Waals surface area contributed by atoms with E-state index in [1.807, 2.05) is 5.32 Å². The van der Waals surface area contributed by atoms with Gasteiger partial charge >= 0.3 is 12.0 Å². The molecule has 0 aromatic heterocycles. The predicted octanol–water partition coefficient (Wildman–Crippen LogP) is -0.408. The quantitative estimate of drug-likeness (QED) is 0.528. The molecule has 0 saturated heterocycles. The molecule has 112 valence electrons. The Balaban J connectivity index is 2.25. The molecule has 0 aliphatic heterocycles. The van der Waals surface area contributed by atoms with Crippen molar-refractivity contribution in [2.45, 2.75) is 39.2 Å². The van der Waals surface area contributed by atoms with Gasteiger partial charge in [-0.25, -0.2) is 4.79 Å². The molecule has 1 fully saturated rings. The normalized spacial score (nSPS) is 14.3. The lowest BCUT2D eigenvalue weighted by molar-refractivity contribution is -0.149. The summed E-state index contributed by atoms with van der Waals surface area (Å²) >= 11 is 0. The van der Waals surface area contributed by atoms with E-state index < -0.39 is 23.3 Å². The number of carbonyl (C=O) groups excluding carboxylic acids is 3. The molecule has 0 unspecified atom stereocenters. The van der Waals surface area contributed by atoms with Crippen molar-refractivity contribution >= 4 is 23.8 Å². The number of carbonyl (C=O) groups is 4. The zero-order valence-electron chi connectivity index (χ0n) is 11.5. The third-order valence-corrected chi connectivity index (χ3v) is 2.79. The molecule has 0 bridgehead atoms. The van der Waals surface area contributed by atoms with E-state index in [-0.39, 0.29) is 24.9 Å². The van der Waals surface area contributed by atoms with E-state index in [0.29, 0.717) is 0 Å². The Hall–Kier alpha value is -2.12. The second-order valence-corrected chi connectivity index (χ2v) is 5.44. The van der Waals surface area contributed by atoms with Crippen LogP contribution in [0.25, 0.3) is 0 Å². The molecule has 20 heavy (non-hydrogen) atoms. The van der Waals surface area contributed by atoms with Crippen molar-refractivity contribution in [3.8, 4) is 0 Å². The maximum Gasteiger partial charge on any atom is 0.321 e. The molecule has 1 rings (SSSR count). The van der Waals surface area contributed by atoms with Crippen molar-refractivity contribution in [2.24, 2.45) is 5.41 Å². The largest absolute Gasteiger partial charge is 0.481 e. The van der Waals surface area contributed by atoms with E-state index >= 15 is 0 Å². The number of imide groups is 1. The van der Waals surface area contributed by atoms with E-state index in [9.17, 15) is 19.2 Å². The molecule has 1 saturated carbocycles. The molecule has 0 spiro atoms. The maximum absolute atomic E-state index is 11.5. The SMILES string of the molecule is CC(C)(CC(=O)NC(=O)NCC(=O)NC1CC1)C(=O)O. The first kappa shape index (κ1) is 15.9. The summed E-state index contributed by atoms with van der Waals surface area (Å²) in [5.41, 5.74) is -1.26. The van der Waals surface area contributed by atoms with Gasteiger partial charge in [0.2, 0.25) is 11.8 Å². The maximum atomic E-state index is 11.5. The van der Waals surface area contributed by atoms with Crippen molar-refractivity contribution in [2.75, 3.05) is 6.54 Å². The molecule has 8 nitrogen and oxygen atoms in total. The van der Waals surface area contributed by atoms with Gasteiger partial charge in [0.1, 0.15) is 0 Å². The highest BCUT2D eigenvalue weighted by Crippen LogP contribution is 2.20. The first-order valence-corrected chi connectivity index (χ1v) is 6.31. The van der Waals surface area contributed by atoms with Crippen LogP contribution in [-0.2, 0) is 14.4 Å². The topological polar surface area (TPSA) is 125 Å². The first-order chi connectivity index (χ1) is 9.20. The average Bonchev–Trinajstić information content (AvgIpc) is 3.09. The zero-order chi connectivity index (χ0) is 15.3. The van der Waals surface area contributed by atoms with Crippen molar-refractivity contribution in [3.05, 3.63) is 0 Å². The van der Waals surface area contributed by atoms with Crippen LogP contribution in [0.4, 0.5) is 4.79 Å². The van der Waals surface area contributed by atoms with Gasteiger partial charge in [0.05, 0.1) is 12.0 Å². The van der Waals surface area contributed by atoms with Gasteiger partial charge in [0, 0.05) is 12.5 Å². The van der Waals surface area contributed by atoms with Gasteiger partial charge in [0.25, 0.3) is 0 Å². The molecular formula is C12H19N3O5. The van der Waals surface area contributed by atoms with Crippen molar-refractivity contribution in [3.63, 3.8) is 0 Å². The van der Waals surface area contributed by atoms with Crippen LogP contribution in [-0.4, -0.2) is 41.5 Å². The fraction of sp³-hybridized carbons (Fsp3) is 0.667. The molecule has 4 amide bonds. The first-order valence-electron chi connectivity index (χ1n) is 6.31. The third-order valence-electron chi connectivity index (χ3n) is 2.79. The van der Waals surface area contributed by atoms with Crippen LogP contribution in [0, 0.1) is 5.41 Å². The predicted molar refractivity (Wildman–Crippen MR) is 68.7 cm³/mol. The van der Waals surface area contributed by atoms with Crippen molar-refractivity contribution < 1.29 is 24.3 Å². The van der Waals surface area contributed by atoms with Crippen molar-refractivity contribution in [1.29, 1.82) is 0 Å². The fourth-order valence-electron chi connectivity index (χ4n) is 1.36. The Labute approximate surface area is 116 Å². The van der Waals surface area contributed by atoms with Crippen LogP contribution in [0.15, 0.2) is 0 Å². The lowest BCUT2D eigenvalue weighted by Crippen LogP contribution is -2.45. The summed E-state index contributed by atoms with van der Waals surface area (Å²) in [5.74, 6) is -2.16. The van der Waals surface area contributed by atoms with Crippen LogP contribution in [0.5, 0.6) is 0 Å². The molecule has 4 N–H and O–H groups in total. The molecule has 0 aromatic carbocycles. The molecule has 0 radical (unpaired) electrons. The van der Waals surface area contributed by atoms with Crippen LogP contribution < -0.4 is 16.0 Å². The number of aliphatic carboxylic acids is 1. The van der Waals surface area contributed by atoms with Gasteiger partial charge in [-0.1, -0.05) is 0 Å². The molecule has 0 heterocycles. The minimum Gasteiger partial charge on any atom is -0.481 e. The molecule has 1 aliphatic rings. The highest BCUT2D eigenvalue weighted by atomic mass is 16.4. The Morgan fingerprint density at radius 1 is 1.15 bits per heavy atom. The summed E-state index contributed by atoms with van der Waals surface area (Å²) < 4.78 is 0. The summed E-state index contributed by atoms with van der Waals surface area (Å²) in [6.07, 6.45) is 1.56. The van der Waals surface area contributed by atoms with E-state index in [1.54, 1.807) is 0 Å². The molecule has 8 heteroatoms. The van der Waals surface area contributed by atoms with Crippen LogP contribution in [0.2, 0.25) is 0 Å².